The molecule has 0 saturated carbocycles. The Balaban J connectivity index is 1.85. The highest BCUT2D eigenvalue weighted by molar-refractivity contribution is 7.13. The summed E-state index contributed by atoms with van der Waals surface area (Å²) in [5, 5.41) is 2.99. The first-order chi connectivity index (χ1) is 11.7. The highest BCUT2D eigenvalue weighted by Crippen LogP contribution is 2.29. The van der Waals surface area contributed by atoms with E-state index in [0.29, 0.717) is 6.04 Å². The molecule has 1 aliphatic rings. The Bertz CT molecular complexity index is 872. The predicted octanol–water partition coefficient (Wildman–Crippen LogP) is 4.98. The van der Waals surface area contributed by atoms with Gasteiger partial charge in [0.1, 0.15) is 0 Å². The Morgan fingerprint density at radius 2 is 2.08 bits per heavy atom. The minimum Gasteiger partial charge on any atom is -0.336 e. The molecule has 1 amide bonds. The zero-order chi connectivity index (χ0) is 16.5. The van der Waals surface area contributed by atoms with E-state index in [2.05, 4.69) is 13.0 Å². The highest BCUT2D eigenvalue weighted by Gasteiger charge is 2.26. The number of fused-ring (bicyclic) bond motifs is 1. The van der Waals surface area contributed by atoms with Crippen molar-refractivity contribution in [2.75, 3.05) is 6.54 Å². The Hall–Kier alpha value is -2.20. The van der Waals surface area contributed by atoms with Crippen LogP contribution in [0.5, 0.6) is 0 Å². The SMILES string of the molecule is CC1CCCCN1C(=O)c1cc(-c2cccs2)nc2ccccc12. The van der Waals surface area contributed by atoms with Gasteiger partial charge < -0.3 is 4.90 Å². The second kappa shape index (κ2) is 6.36. The molecule has 3 nitrogen and oxygen atoms in total. The molecule has 4 rings (SSSR count). The van der Waals surface area contributed by atoms with Gasteiger partial charge in [-0.1, -0.05) is 24.3 Å². The van der Waals surface area contributed by atoms with Crippen LogP contribution < -0.4 is 0 Å². The van der Waals surface area contributed by atoms with Crippen molar-refractivity contribution in [1.82, 2.24) is 9.88 Å². The lowest BCUT2D eigenvalue weighted by molar-refractivity contribution is 0.0637. The maximum absolute atomic E-state index is 13.2. The van der Waals surface area contributed by atoms with E-state index < -0.39 is 0 Å². The van der Waals surface area contributed by atoms with Gasteiger partial charge in [0, 0.05) is 18.0 Å². The van der Waals surface area contributed by atoms with Gasteiger partial charge in [0.05, 0.1) is 21.7 Å². The van der Waals surface area contributed by atoms with E-state index in [1.807, 2.05) is 46.7 Å². The Labute approximate surface area is 146 Å². The quantitative estimate of drug-likeness (QED) is 0.661. The minimum absolute atomic E-state index is 0.138. The lowest BCUT2D eigenvalue weighted by atomic mass is 10.00. The number of likely N-dealkylation sites (tertiary alicyclic amines) is 1. The molecule has 24 heavy (non-hydrogen) atoms. The molecule has 4 heteroatoms. The van der Waals surface area contributed by atoms with Crippen molar-refractivity contribution < 1.29 is 4.79 Å². The topological polar surface area (TPSA) is 33.2 Å². The maximum atomic E-state index is 13.2. The molecule has 1 unspecified atom stereocenters. The minimum atomic E-state index is 0.138. The van der Waals surface area contributed by atoms with Gasteiger partial charge in [-0.25, -0.2) is 4.98 Å². The number of piperidine rings is 1. The van der Waals surface area contributed by atoms with E-state index in [1.165, 1.54) is 6.42 Å². The summed E-state index contributed by atoms with van der Waals surface area (Å²) in [4.78, 5) is 21.1. The van der Waals surface area contributed by atoms with E-state index in [0.717, 1.165) is 46.4 Å². The molecule has 0 bridgehead atoms. The van der Waals surface area contributed by atoms with Gasteiger partial charge in [-0.15, -0.1) is 11.3 Å². The van der Waals surface area contributed by atoms with Crippen LogP contribution in [0.25, 0.3) is 21.5 Å². The number of carbonyl (C=O) groups excluding carboxylic acids is 1. The number of para-hydroxylation sites is 1. The Morgan fingerprint density at radius 1 is 1.21 bits per heavy atom. The number of hydrogen-bond donors (Lipinski definition) is 0. The number of amides is 1. The average Bonchev–Trinajstić information content (AvgIpc) is 3.15. The second-order valence-corrected chi connectivity index (χ2v) is 7.34. The third-order valence-corrected chi connectivity index (χ3v) is 5.68. The summed E-state index contributed by atoms with van der Waals surface area (Å²) >= 11 is 1.65. The van der Waals surface area contributed by atoms with Crippen molar-refractivity contribution in [3.05, 3.63) is 53.4 Å². The van der Waals surface area contributed by atoms with E-state index in [1.54, 1.807) is 11.3 Å². The van der Waals surface area contributed by atoms with Crippen LogP contribution in [0, 0.1) is 0 Å². The summed E-state index contributed by atoms with van der Waals surface area (Å²) in [5.74, 6) is 0.138. The summed E-state index contributed by atoms with van der Waals surface area (Å²) in [6, 6.07) is 14.3. The number of nitrogens with zero attached hydrogens (tertiary/aromatic N) is 2. The van der Waals surface area contributed by atoms with E-state index in [9.17, 15) is 4.79 Å². The summed E-state index contributed by atoms with van der Waals surface area (Å²) in [5.41, 5.74) is 2.55. The molecule has 0 aliphatic carbocycles. The Kier molecular flexibility index (Phi) is 4.07. The molecule has 0 radical (unpaired) electrons. The second-order valence-electron chi connectivity index (χ2n) is 6.39. The maximum Gasteiger partial charge on any atom is 0.254 e. The first kappa shape index (κ1) is 15.3. The fourth-order valence-corrected chi connectivity index (χ4v) is 4.14. The number of carbonyl (C=O) groups is 1. The van der Waals surface area contributed by atoms with Gasteiger partial charge in [-0.05, 0) is 49.8 Å². The molecule has 3 aromatic rings. The van der Waals surface area contributed by atoms with Crippen LogP contribution in [0.1, 0.15) is 36.5 Å². The van der Waals surface area contributed by atoms with Crippen LogP contribution in [-0.2, 0) is 0 Å². The lowest BCUT2D eigenvalue weighted by Crippen LogP contribution is -2.42. The van der Waals surface area contributed by atoms with E-state index in [4.69, 9.17) is 4.98 Å². The van der Waals surface area contributed by atoms with Crippen molar-refractivity contribution in [3.8, 4) is 10.6 Å². The molecule has 2 aromatic heterocycles. The van der Waals surface area contributed by atoms with Gasteiger partial charge >= 0.3 is 0 Å². The zero-order valence-electron chi connectivity index (χ0n) is 13.7. The van der Waals surface area contributed by atoms with Crippen LogP contribution >= 0.6 is 11.3 Å². The molecular weight excluding hydrogens is 316 g/mol. The van der Waals surface area contributed by atoms with Crippen LogP contribution in [0.2, 0.25) is 0 Å². The first-order valence-corrected chi connectivity index (χ1v) is 9.36. The number of rotatable bonds is 2. The lowest BCUT2D eigenvalue weighted by Gasteiger charge is -2.33. The molecule has 0 N–H and O–H groups in total. The van der Waals surface area contributed by atoms with Crippen LogP contribution in [0.4, 0.5) is 0 Å². The van der Waals surface area contributed by atoms with E-state index in [-0.39, 0.29) is 5.91 Å². The molecule has 3 heterocycles. The molecular formula is C20H20N2OS. The molecule has 0 spiro atoms. The van der Waals surface area contributed by atoms with Gasteiger partial charge in [-0.3, -0.25) is 4.79 Å². The molecule has 1 saturated heterocycles. The van der Waals surface area contributed by atoms with Gasteiger partial charge in [0.15, 0.2) is 0 Å². The van der Waals surface area contributed by atoms with Crippen molar-refractivity contribution in [2.45, 2.75) is 32.2 Å². The average molecular weight is 336 g/mol. The third-order valence-electron chi connectivity index (χ3n) is 4.78. The van der Waals surface area contributed by atoms with Gasteiger partial charge in [0.2, 0.25) is 0 Å². The fraction of sp³-hybridized carbons (Fsp3) is 0.300. The summed E-state index contributed by atoms with van der Waals surface area (Å²) in [6.07, 6.45) is 3.39. The van der Waals surface area contributed by atoms with Crippen LogP contribution in [-0.4, -0.2) is 28.4 Å². The van der Waals surface area contributed by atoms with Crippen LogP contribution in [0.15, 0.2) is 47.8 Å². The summed E-state index contributed by atoms with van der Waals surface area (Å²) in [6.45, 7) is 3.01. The first-order valence-electron chi connectivity index (χ1n) is 8.48. The third kappa shape index (κ3) is 2.71. The number of thiophene rings is 1. The molecule has 122 valence electrons. The van der Waals surface area contributed by atoms with Crippen molar-refractivity contribution in [2.24, 2.45) is 0 Å². The molecule has 1 fully saturated rings. The number of aromatic nitrogens is 1. The zero-order valence-corrected chi connectivity index (χ0v) is 14.6. The predicted molar refractivity (Wildman–Crippen MR) is 99.4 cm³/mol. The van der Waals surface area contributed by atoms with Crippen molar-refractivity contribution in [3.63, 3.8) is 0 Å². The van der Waals surface area contributed by atoms with Gasteiger partial charge in [0.25, 0.3) is 5.91 Å². The molecule has 1 aromatic carbocycles. The highest BCUT2D eigenvalue weighted by atomic mass is 32.1. The fourth-order valence-electron chi connectivity index (χ4n) is 3.46. The standard InChI is InChI=1S/C20H20N2OS/c1-14-7-4-5-11-22(14)20(23)16-13-18(19-10-6-12-24-19)21-17-9-3-2-8-15(16)17/h2-3,6,8-10,12-14H,4-5,7,11H2,1H3. The summed E-state index contributed by atoms with van der Waals surface area (Å²) in [7, 11) is 0. The number of hydrogen-bond acceptors (Lipinski definition) is 3. The smallest absolute Gasteiger partial charge is 0.254 e. The Morgan fingerprint density at radius 3 is 2.88 bits per heavy atom. The normalized spacial score (nSPS) is 18.0. The number of pyridine rings is 1. The molecule has 1 aliphatic heterocycles. The monoisotopic (exact) mass is 336 g/mol. The molecule has 1 atom stereocenters. The van der Waals surface area contributed by atoms with Crippen molar-refractivity contribution in [1.29, 1.82) is 0 Å². The summed E-state index contributed by atoms with van der Waals surface area (Å²) < 4.78 is 0. The number of benzene rings is 1. The van der Waals surface area contributed by atoms with Gasteiger partial charge in [-0.2, -0.15) is 0 Å². The van der Waals surface area contributed by atoms with E-state index >= 15 is 0 Å². The largest absolute Gasteiger partial charge is 0.336 e. The van der Waals surface area contributed by atoms with Crippen LogP contribution in [0.3, 0.4) is 0 Å². The van der Waals surface area contributed by atoms with Crippen molar-refractivity contribution >= 4 is 28.1 Å².